The van der Waals surface area contributed by atoms with Crippen molar-refractivity contribution < 1.29 is 22.7 Å². The number of fused-ring (bicyclic) bond motifs is 1. The van der Waals surface area contributed by atoms with Crippen molar-refractivity contribution in [3.63, 3.8) is 0 Å². The number of anilines is 1. The van der Waals surface area contributed by atoms with E-state index < -0.39 is 28.0 Å². The number of hydrazone groups is 1. The summed E-state index contributed by atoms with van der Waals surface area (Å²) >= 11 is 3.40. The molecule has 1 amide bonds. The number of hydrogen-bond donors (Lipinski definition) is 1. The van der Waals surface area contributed by atoms with Crippen LogP contribution < -0.4 is 5.32 Å². The third kappa shape index (κ3) is 4.76. The molecule has 0 bridgehead atoms. The summed E-state index contributed by atoms with van der Waals surface area (Å²) in [4.78, 5) is 27.8. The average Bonchev–Trinajstić information content (AvgIpc) is 3.39. The number of hydrogen-bond acceptors (Lipinski definition) is 7. The second-order valence-corrected chi connectivity index (χ2v) is 10.3. The Kier molecular flexibility index (Phi) is 6.21. The van der Waals surface area contributed by atoms with Gasteiger partial charge in [0.15, 0.2) is 6.10 Å². The molecule has 0 unspecified atom stereocenters. The number of sulfonamides is 1. The zero-order chi connectivity index (χ0) is 23.8. The first kappa shape index (κ1) is 22.9. The number of aryl methyl sites for hydroxylation is 1. The van der Waals surface area contributed by atoms with Crippen molar-refractivity contribution in [3.05, 3.63) is 58.5 Å². The Morgan fingerprint density at radius 3 is 2.88 bits per heavy atom. The smallest absolute Gasteiger partial charge is 0.306 e. The van der Waals surface area contributed by atoms with Crippen LogP contribution in [0.4, 0.5) is 5.69 Å². The summed E-state index contributed by atoms with van der Waals surface area (Å²) in [6.07, 6.45) is 4.38. The van der Waals surface area contributed by atoms with Gasteiger partial charge in [-0.3, -0.25) is 14.0 Å². The molecule has 3 aromatic rings. The van der Waals surface area contributed by atoms with E-state index in [0.29, 0.717) is 23.3 Å². The van der Waals surface area contributed by atoms with E-state index in [9.17, 15) is 18.0 Å². The van der Waals surface area contributed by atoms with Crippen LogP contribution in [0.25, 0.3) is 5.65 Å². The number of imidazole rings is 1. The molecule has 33 heavy (non-hydrogen) atoms. The van der Waals surface area contributed by atoms with E-state index in [1.54, 1.807) is 35.9 Å². The lowest BCUT2D eigenvalue weighted by atomic mass is 10.2. The van der Waals surface area contributed by atoms with Crippen molar-refractivity contribution in [1.29, 1.82) is 0 Å². The normalized spacial score (nSPS) is 16.3. The molecule has 1 fully saturated rings. The molecule has 1 aromatic carbocycles. The van der Waals surface area contributed by atoms with Gasteiger partial charge in [0.05, 0.1) is 23.0 Å². The van der Waals surface area contributed by atoms with Crippen LogP contribution in [0.1, 0.15) is 24.1 Å². The van der Waals surface area contributed by atoms with Gasteiger partial charge in [0, 0.05) is 36.2 Å². The molecular weight excluding hydrogens is 514 g/mol. The highest BCUT2D eigenvalue weighted by atomic mass is 79.9. The Balaban J connectivity index is 1.56. The van der Waals surface area contributed by atoms with Gasteiger partial charge in [0.1, 0.15) is 5.65 Å². The maximum Gasteiger partial charge on any atom is 0.306 e. The predicted molar refractivity (Wildman–Crippen MR) is 124 cm³/mol. The maximum absolute atomic E-state index is 13.2. The average molecular weight is 534 g/mol. The van der Waals surface area contributed by atoms with Crippen molar-refractivity contribution in [2.75, 3.05) is 12.4 Å². The molecule has 2 aromatic heterocycles. The summed E-state index contributed by atoms with van der Waals surface area (Å²) in [5.74, 6) is -0.932. The lowest BCUT2D eigenvalue weighted by molar-refractivity contribution is -0.146. The van der Waals surface area contributed by atoms with Gasteiger partial charge in [-0.1, -0.05) is 6.07 Å². The van der Waals surface area contributed by atoms with E-state index in [1.165, 1.54) is 19.3 Å². The molecule has 1 aliphatic heterocycles. The highest BCUT2D eigenvalue weighted by Gasteiger charge is 2.30. The molecule has 1 aliphatic rings. The summed E-state index contributed by atoms with van der Waals surface area (Å²) in [6.45, 7) is 1.65. The SMILES string of the molecule is Cc1ccc(NC(=O)[C@H]2CCC(=O)O2)cc1S(=O)(=O)N(C)N=Cc1cnc2ccc(Br)cn12. The number of rotatable bonds is 6. The fourth-order valence-corrected chi connectivity index (χ4v) is 4.85. The molecule has 1 atom stereocenters. The second kappa shape index (κ2) is 8.94. The highest BCUT2D eigenvalue weighted by molar-refractivity contribution is 9.10. The first-order chi connectivity index (χ1) is 15.6. The van der Waals surface area contributed by atoms with E-state index in [2.05, 4.69) is 31.3 Å². The van der Waals surface area contributed by atoms with Gasteiger partial charge in [-0.15, -0.1) is 0 Å². The third-order valence-electron chi connectivity index (χ3n) is 5.11. The van der Waals surface area contributed by atoms with Gasteiger partial charge in [-0.25, -0.2) is 4.98 Å². The number of nitrogens with zero attached hydrogens (tertiary/aromatic N) is 4. The van der Waals surface area contributed by atoms with Crippen molar-refractivity contribution in [1.82, 2.24) is 13.8 Å². The first-order valence-corrected chi connectivity index (χ1v) is 12.1. The van der Waals surface area contributed by atoms with Crippen molar-refractivity contribution >= 4 is 55.4 Å². The van der Waals surface area contributed by atoms with Crippen LogP contribution in [0.3, 0.4) is 0 Å². The minimum absolute atomic E-state index is 0.00995. The van der Waals surface area contributed by atoms with Crippen LogP contribution in [-0.2, 0) is 24.3 Å². The van der Waals surface area contributed by atoms with Crippen molar-refractivity contribution in [2.45, 2.75) is 30.8 Å². The molecule has 1 N–H and O–H groups in total. The largest absolute Gasteiger partial charge is 0.452 e. The zero-order valence-electron chi connectivity index (χ0n) is 17.7. The number of esters is 1. The van der Waals surface area contributed by atoms with E-state index in [-0.39, 0.29) is 17.0 Å². The summed E-state index contributed by atoms with van der Waals surface area (Å²) in [5, 5.41) is 6.71. The number of amides is 1. The topological polar surface area (TPSA) is 122 Å². The Morgan fingerprint density at radius 1 is 1.36 bits per heavy atom. The van der Waals surface area contributed by atoms with Crippen LogP contribution in [0.2, 0.25) is 0 Å². The molecule has 0 spiro atoms. The molecule has 0 saturated carbocycles. The Hall–Kier alpha value is -3.25. The quantitative estimate of drug-likeness (QED) is 0.295. The van der Waals surface area contributed by atoms with Crippen LogP contribution >= 0.6 is 15.9 Å². The van der Waals surface area contributed by atoms with Crippen LogP contribution in [-0.4, -0.2) is 53.5 Å². The van der Waals surface area contributed by atoms with E-state index >= 15 is 0 Å². The number of cyclic esters (lactones) is 1. The predicted octanol–water partition coefficient (Wildman–Crippen LogP) is 2.70. The van der Waals surface area contributed by atoms with Gasteiger partial charge in [0.2, 0.25) is 0 Å². The summed E-state index contributed by atoms with van der Waals surface area (Å²) < 4.78 is 34.8. The third-order valence-corrected chi connectivity index (χ3v) is 7.36. The monoisotopic (exact) mass is 533 g/mol. The summed E-state index contributed by atoms with van der Waals surface area (Å²) in [5.41, 5.74) is 2.05. The molecule has 3 heterocycles. The number of carbonyl (C=O) groups excluding carboxylic acids is 2. The second-order valence-electron chi connectivity index (χ2n) is 7.43. The highest BCUT2D eigenvalue weighted by Crippen LogP contribution is 2.24. The van der Waals surface area contributed by atoms with Gasteiger partial charge < -0.3 is 10.1 Å². The molecule has 0 aliphatic carbocycles. The number of pyridine rings is 1. The lowest BCUT2D eigenvalue weighted by Crippen LogP contribution is -2.28. The minimum Gasteiger partial charge on any atom is -0.452 e. The summed E-state index contributed by atoms with van der Waals surface area (Å²) in [6, 6.07) is 8.20. The van der Waals surface area contributed by atoms with Gasteiger partial charge >= 0.3 is 5.97 Å². The number of aromatic nitrogens is 2. The van der Waals surface area contributed by atoms with Crippen molar-refractivity contribution in [2.24, 2.45) is 5.10 Å². The van der Waals surface area contributed by atoms with E-state index in [0.717, 1.165) is 8.89 Å². The minimum atomic E-state index is -4.01. The maximum atomic E-state index is 13.2. The van der Waals surface area contributed by atoms with Gasteiger partial charge in [-0.2, -0.15) is 17.9 Å². The molecule has 12 heteroatoms. The molecular formula is C21H20BrN5O5S. The van der Waals surface area contributed by atoms with Crippen molar-refractivity contribution in [3.8, 4) is 0 Å². The number of ether oxygens (including phenoxy) is 1. The Labute approximate surface area is 198 Å². The van der Waals surface area contributed by atoms with Crippen LogP contribution in [0, 0.1) is 6.92 Å². The zero-order valence-corrected chi connectivity index (χ0v) is 20.1. The number of halogens is 1. The Bertz CT molecular complexity index is 1380. The molecule has 10 nitrogen and oxygen atoms in total. The molecule has 4 rings (SSSR count). The van der Waals surface area contributed by atoms with Gasteiger partial charge in [-0.05, 0) is 52.7 Å². The summed E-state index contributed by atoms with van der Waals surface area (Å²) in [7, 11) is -2.68. The standard InChI is InChI=1S/C21H20BrN5O5S/c1-13-3-5-15(25-21(29)17-6-8-20(28)32-17)9-18(13)33(30,31)26(2)24-11-16-10-23-19-7-4-14(22)12-27(16)19/h3-5,7,9-12,17H,6,8H2,1-2H3,(H,25,29)/t17-/m1/s1. The molecule has 1 saturated heterocycles. The fourth-order valence-electron chi connectivity index (χ4n) is 3.30. The van der Waals surface area contributed by atoms with Crippen LogP contribution in [0.15, 0.2) is 57.2 Å². The first-order valence-electron chi connectivity index (χ1n) is 9.91. The van der Waals surface area contributed by atoms with Crippen LogP contribution in [0.5, 0.6) is 0 Å². The lowest BCUT2D eigenvalue weighted by Gasteiger charge is -2.17. The number of carbonyl (C=O) groups is 2. The number of benzene rings is 1. The van der Waals surface area contributed by atoms with Gasteiger partial charge in [0.25, 0.3) is 15.9 Å². The van der Waals surface area contributed by atoms with E-state index in [1.807, 2.05) is 12.1 Å². The fraction of sp³-hybridized carbons (Fsp3) is 0.238. The van der Waals surface area contributed by atoms with E-state index in [4.69, 9.17) is 4.74 Å². The Morgan fingerprint density at radius 2 is 2.15 bits per heavy atom. The molecule has 0 radical (unpaired) electrons. The molecule has 172 valence electrons. The number of nitrogens with one attached hydrogen (secondary N) is 1.